The van der Waals surface area contributed by atoms with Crippen LogP contribution in [0.2, 0.25) is 0 Å². The molecular weight excluding hydrogens is 228 g/mol. The largest absolute Gasteiger partial charge is 0.382 e. The molecule has 0 aliphatic heterocycles. The lowest BCUT2D eigenvalue weighted by atomic mass is 10.4. The molecule has 1 saturated carbocycles. The van der Waals surface area contributed by atoms with Crippen LogP contribution in [0.3, 0.4) is 0 Å². The Morgan fingerprint density at radius 1 is 1.50 bits per heavy atom. The molecule has 5 heteroatoms. The zero-order chi connectivity index (χ0) is 12.8. The van der Waals surface area contributed by atoms with Gasteiger partial charge in [0.2, 0.25) is 0 Å². The molecule has 0 amide bonds. The molecule has 0 bridgehead atoms. The van der Waals surface area contributed by atoms with Crippen LogP contribution in [0.15, 0.2) is 12.3 Å². The van der Waals surface area contributed by atoms with E-state index < -0.39 is 0 Å². The lowest BCUT2D eigenvalue weighted by molar-refractivity contribution is 0.103. The topological polar surface area (TPSA) is 56.3 Å². The van der Waals surface area contributed by atoms with Crippen LogP contribution >= 0.6 is 0 Å². The van der Waals surface area contributed by atoms with E-state index in [1.54, 1.807) is 0 Å². The molecule has 0 spiro atoms. The van der Waals surface area contributed by atoms with Gasteiger partial charge in [-0.25, -0.2) is 0 Å². The third-order valence-electron chi connectivity index (χ3n) is 3.26. The van der Waals surface area contributed by atoms with E-state index in [1.165, 1.54) is 12.8 Å². The van der Waals surface area contributed by atoms with Gasteiger partial charge in [-0.05, 0) is 44.8 Å². The number of nitrogen functional groups attached to an aromatic ring is 1. The predicted octanol–water partition coefficient (Wildman–Crippen LogP) is 1.21. The summed E-state index contributed by atoms with van der Waals surface area (Å²) in [6, 6.07) is 1.83. The van der Waals surface area contributed by atoms with Crippen LogP contribution in [-0.2, 0) is 11.3 Å². The van der Waals surface area contributed by atoms with E-state index in [2.05, 4.69) is 17.0 Å². The van der Waals surface area contributed by atoms with Crippen LogP contribution in [0.5, 0.6) is 0 Å². The first-order valence-corrected chi connectivity index (χ1v) is 6.79. The number of likely N-dealkylation sites (N-methyl/N-ethyl adjacent to an activating group) is 1. The Labute approximate surface area is 109 Å². The summed E-state index contributed by atoms with van der Waals surface area (Å²) >= 11 is 0. The van der Waals surface area contributed by atoms with Crippen molar-refractivity contribution in [2.45, 2.75) is 25.8 Å². The number of hydrogen-bond acceptors (Lipinski definition) is 4. The number of aryl methyl sites for hydroxylation is 1. The van der Waals surface area contributed by atoms with Crippen molar-refractivity contribution in [3.63, 3.8) is 0 Å². The van der Waals surface area contributed by atoms with Gasteiger partial charge in [-0.15, -0.1) is 0 Å². The summed E-state index contributed by atoms with van der Waals surface area (Å²) in [5.41, 5.74) is 5.56. The molecular formula is C13H24N4O. The van der Waals surface area contributed by atoms with Crippen molar-refractivity contribution in [1.29, 1.82) is 0 Å². The van der Waals surface area contributed by atoms with Crippen molar-refractivity contribution < 1.29 is 4.74 Å². The highest BCUT2D eigenvalue weighted by atomic mass is 16.5. The minimum absolute atomic E-state index is 0.594. The minimum atomic E-state index is 0.594. The molecule has 1 aromatic heterocycles. The molecule has 1 aliphatic carbocycles. The third kappa shape index (κ3) is 5.06. The van der Waals surface area contributed by atoms with Crippen LogP contribution in [0.25, 0.3) is 0 Å². The van der Waals surface area contributed by atoms with E-state index in [4.69, 9.17) is 10.5 Å². The summed E-state index contributed by atoms with van der Waals surface area (Å²) in [6.45, 7) is 4.80. The Balaban J connectivity index is 1.47. The fourth-order valence-electron chi connectivity index (χ4n) is 1.87. The second kappa shape index (κ2) is 6.75. The summed E-state index contributed by atoms with van der Waals surface area (Å²) in [5.74, 6) is 1.46. The number of rotatable bonds is 9. The molecule has 1 heterocycles. The second-order valence-electron chi connectivity index (χ2n) is 5.18. The van der Waals surface area contributed by atoms with Gasteiger partial charge in [-0.2, -0.15) is 5.10 Å². The average molecular weight is 252 g/mol. The summed E-state index contributed by atoms with van der Waals surface area (Å²) in [6.07, 6.45) is 5.74. The molecule has 1 aromatic rings. The van der Waals surface area contributed by atoms with E-state index in [0.717, 1.165) is 45.2 Å². The molecule has 0 saturated heterocycles. The SMILES string of the molecule is CN(CCCn1ccc(N)n1)CCOCC1CC1. The quantitative estimate of drug-likeness (QED) is 0.671. The Bertz CT molecular complexity index is 349. The van der Waals surface area contributed by atoms with Crippen molar-refractivity contribution in [3.05, 3.63) is 12.3 Å². The Kier molecular flexibility index (Phi) is 5.01. The first kappa shape index (κ1) is 13.4. The molecule has 0 radical (unpaired) electrons. The van der Waals surface area contributed by atoms with Crippen LogP contribution in [0.4, 0.5) is 5.82 Å². The van der Waals surface area contributed by atoms with Crippen LogP contribution in [0.1, 0.15) is 19.3 Å². The monoisotopic (exact) mass is 252 g/mol. The Morgan fingerprint density at radius 2 is 2.33 bits per heavy atom. The van der Waals surface area contributed by atoms with Crippen molar-refractivity contribution in [1.82, 2.24) is 14.7 Å². The normalized spacial score (nSPS) is 15.4. The maximum atomic E-state index is 5.62. The molecule has 2 rings (SSSR count). The molecule has 0 aromatic carbocycles. The summed E-state index contributed by atoms with van der Waals surface area (Å²) < 4.78 is 7.52. The van der Waals surface area contributed by atoms with E-state index in [-0.39, 0.29) is 0 Å². The van der Waals surface area contributed by atoms with Crippen LogP contribution in [-0.4, -0.2) is 48.0 Å². The lowest BCUT2D eigenvalue weighted by Crippen LogP contribution is -2.25. The number of hydrogen-bond donors (Lipinski definition) is 1. The number of aromatic nitrogens is 2. The zero-order valence-electron chi connectivity index (χ0n) is 11.2. The second-order valence-corrected chi connectivity index (χ2v) is 5.18. The molecule has 102 valence electrons. The van der Waals surface area contributed by atoms with Gasteiger partial charge >= 0.3 is 0 Å². The van der Waals surface area contributed by atoms with E-state index >= 15 is 0 Å². The predicted molar refractivity (Wildman–Crippen MR) is 72.3 cm³/mol. The molecule has 18 heavy (non-hydrogen) atoms. The van der Waals surface area contributed by atoms with E-state index in [9.17, 15) is 0 Å². The van der Waals surface area contributed by atoms with Gasteiger partial charge < -0.3 is 15.4 Å². The van der Waals surface area contributed by atoms with Gasteiger partial charge in [0, 0.05) is 25.9 Å². The molecule has 0 unspecified atom stereocenters. The summed E-state index contributed by atoms with van der Waals surface area (Å²) in [4.78, 5) is 2.31. The average Bonchev–Trinajstić information content (AvgIpc) is 3.08. The van der Waals surface area contributed by atoms with Crippen molar-refractivity contribution in [2.75, 3.05) is 39.1 Å². The molecule has 1 aliphatic rings. The van der Waals surface area contributed by atoms with Gasteiger partial charge in [0.1, 0.15) is 5.82 Å². The van der Waals surface area contributed by atoms with Crippen LogP contribution in [0, 0.1) is 5.92 Å². The Morgan fingerprint density at radius 3 is 3.00 bits per heavy atom. The van der Waals surface area contributed by atoms with Crippen molar-refractivity contribution in [3.8, 4) is 0 Å². The van der Waals surface area contributed by atoms with Crippen molar-refractivity contribution >= 4 is 5.82 Å². The fraction of sp³-hybridized carbons (Fsp3) is 0.769. The van der Waals surface area contributed by atoms with E-state index in [1.807, 2.05) is 16.9 Å². The third-order valence-corrected chi connectivity index (χ3v) is 3.26. The molecule has 1 fully saturated rings. The standard InChI is InChI=1S/C13H24N4O/c1-16(9-10-18-11-12-3-4-12)6-2-7-17-8-5-13(14)15-17/h5,8,12H,2-4,6-7,9-11H2,1H3,(H2,14,15). The van der Waals surface area contributed by atoms with Gasteiger partial charge in [-0.3, -0.25) is 4.68 Å². The highest BCUT2D eigenvalue weighted by Gasteiger charge is 2.20. The number of nitrogens with zero attached hydrogens (tertiary/aromatic N) is 3. The van der Waals surface area contributed by atoms with Gasteiger partial charge in [-0.1, -0.05) is 0 Å². The smallest absolute Gasteiger partial charge is 0.145 e. The fourth-order valence-corrected chi connectivity index (χ4v) is 1.87. The summed E-state index contributed by atoms with van der Waals surface area (Å²) in [7, 11) is 2.14. The molecule has 2 N–H and O–H groups in total. The zero-order valence-corrected chi connectivity index (χ0v) is 11.2. The van der Waals surface area contributed by atoms with Crippen LogP contribution < -0.4 is 5.73 Å². The van der Waals surface area contributed by atoms with Gasteiger partial charge in [0.25, 0.3) is 0 Å². The minimum Gasteiger partial charge on any atom is -0.382 e. The number of ether oxygens (including phenoxy) is 1. The Hall–Kier alpha value is -1.07. The number of anilines is 1. The highest BCUT2D eigenvalue weighted by Crippen LogP contribution is 2.28. The first-order chi connectivity index (χ1) is 8.74. The number of nitrogens with two attached hydrogens (primary N) is 1. The van der Waals surface area contributed by atoms with Gasteiger partial charge in [0.05, 0.1) is 6.61 Å². The summed E-state index contributed by atoms with van der Waals surface area (Å²) in [5, 5.41) is 4.16. The molecule has 0 atom stereocenters. The molecule has 5 nitrogen and oxygen atoms in total. The lowest BCUT2D eigenvalue weighted by Gasteiger charge is -2.16. The maximum absolute atomic E-state index is 5.62. The highest BCUT2D eigenvalue weighted by molar-refractivity contribution is 5.23. The maximum Gasteiger partial charge on any atom is 0.145 e. The van der Waals surface area contributed by atoms with E-state index in [0.29, 0.717) is 5.82 Å². The first-order valence-electron chi connectivity index (χ1n) is 6.79. The van der Waals surface area contributed by atoms with Gasteiger partial charge in [0.15, 0.2) is 0 Å². The van der Waals surface area contributed by atoms with Crippen molar-refractivity contribution in [2.24, 2.45) is 5.92 Å².